The number of aryl methyl sites for hydroxylation is 1. The van der Waals surface area contributed by atoms with Crippen LogP contribution in [0, 0.1) is 6.92 Å². The molecule has 0 amide bonds. The van der Waals surface area contributed by atoms with Crippen molar-refractivity contribution >= 4 is 18.4 Å². The maximum atomic E-state index is 13.2. The van der Waals surface area contributed by atoms with Gasteiger partial charge in [0.2, 0.25) is 0 Å². The lowest BCUT2D eigenvalue weighted by Gasteiger charge is -2.45. The molecule has 0 radical (unpaired) electrons. The molecular weight excluding hydrogens is 558 g/mol. The Morgan fingerprint density at radius 1 is 1.15 bits per heavy atom. The Labute approximate surface area is 234 Å². The van der Waals surface area contributed by atoms with Gasteiger partial charge in [-0.1, -0.05) is 39.0 Å². The maximum Gasteiger partial charge on any atom is 0.330 e. The van der Waals surface area contributed by atoms with Crippen LogP contribution < -0.4 is 21.3 Å². The molecular formula is C26H37N3O9SSi. The molecule has 0 unspecified atom stereocenters. The Hall–Kier alpha value is -2.33. The van der Waals surface area contributed by atoms with E-state index >= 15 is 0 Å². The molecule has 0 saturated carbocycles. The molecule has 1 aromatic carbocycles. The van der Waals surface area contributed by atoms with E-state index in [1.165, 1.54) is 10.8 Å². The molecule has 3 aliphatic rings. The van der Waals surface area contributed by atoms with E-state index in [0.29, 0.717) is 11.3 Å². The number of benzene rings is 1. The summed E-state index contributed by atoms with van der Waals surface area (Å²) in [6.07, 6.45) is -1.58. The van der Waals surface area contributed by atoms with Crippen molar-refractivity contribution < 1.29 is 31.2 Å². The van der Waals surface area contributed by atoms with E-state index in [-0.39, 0.29) is 24.8 Å². The zero-order valence-corrected chi connectivity index (χ0v) is 25.4. The molecule has 4 heterocycles. The summed E-state index contributed by atoms with van der Waals surface area (Å²) in [5.74, 6) is 0.177. The first kappa shape index (κ1) is 29.2. The average Bonchev–Trinajstić information content (AvgIpc) is 3.39. The number of rotatable bonds is 8. The minimum Gasteiger partial charge on any atom is -0.491 e. The van der Waals surface area contributed by atoms with Crippen molar-refractivity contribution in [1.82, 2.24) is 14.9 Å². The van der Waals surface area contributed by atoms with Gasteiger partial charge in [-0.3, -0.25) is 23.8 Å². The summed E-state index contributed by atoms with van der Waals surface area (Å²) < 4.78 is 58.9. The van der Waals surface area contributed by atoms with Crippen molar-refractivity contribution in [2.75, 3.05) is 25.5 Å². The van der Waals surface area contributed by atoms with E-state index in [1.54, 1.807) is 6.92 Å². The number of hydrogen-bond donors (Lipinski definition) is 2. The van der Waals surface area contributed by atoms with Crippen LogP contribution in [0.1, 0.15) is 32.6 Å². The molecule has 220 valence electrons. The number of aromatic nitrogens is 2. The highest BCUT2D eigenvalue weighted by Gasteiger charge is 2.80. The van der Waals surface area contributed by atoms with Crippen LogP contribution >= 0.6 is 0 Å². The number of aromatic amines is 1. The van der Waals surface area contributed by atoms with Crippen molar-refractivity contribution in [1.29, 1.82) is 0 Å². The Morgan fingerprint density at radius 3 is 2.52 bits per heavy atom. The maximum absolute atomic E-state index is 13.2. The van der Waals surface area contributed by atoms with E-state index in [2.05, 4.69) is 31.1 Å². The molecule has 3 aliphatic heterocycles. The lowest BCUT2D eigenvalue weighted by Crippen LogP contribution is -2.66. The van der Waals surface area contributed by atoms with Gasteiger partial charge in [0.05, 0.1) is 6.61 Å². The van der Waals surface area contributed by atoms with Gasteiger partial charge in [-0.25, -0.2) is 4.79 Å². The first-order chi connectivity index (χ1) is 18.6. The van der Waals surface area contributed by atoms with E-state index in [9.17, 15) is 18.0 Å². The fourth-order valence-electron chi connectivity index (χ4n) is 5.37. The van der Waals surface area contributed by atoms with Gasteiger partial charge in [-0.15, -0.1) is 0 Å². The predicted octanol–water partition coefficient (Wildman–Crippen LogP) is 1.63. The summed E-state index contributed by atoms with van der Waals surface area (Å²) in [7, 11) is -6.71. The highest BCUT2D eigenvalue weighted by atomic mass is 32.2. The molecule has 0 aliphatic carbocycles. The average molecular weight is 596 g/mol. The molecule has 5 atom stereocenters. The van der Waals surface area contributed by atoms with Crippen molar-refractivity contribution in [2.45, 2.75) is 75.6 Å². The summed E-state index contributed by atoms with van der Waals surface area (Å²) in [4.78, 5) is 27.5. The fourth-order valence-corrected chi connectivity index (χ4v) is 8.37. The van der Waals surface area contributed by atoms with E-state index in [4.69, 9.17) is 22.8 Å². The van der Waals surface area contributed by atoms with Crippen molar-refractivity contribution in [3.05, 3.63) is 62.9 Å². The predicted molar refractivity (Wildman–Crippen MR) is 148 cm³/mol. The minimum atomic E-state index is -4.09. The van der Waals surface area contributed by atoms with Crippen LogP contribution in [0.3, 0.4) is 0 Å². The summed E-state index contributed by atoms with van der Waals surface area (Å²) in [5.41, 5.74) is -4.08. The SMILES string of the molecule is Cc1cn([C@@H]2O[C@@H]3CN[C@@]4(OCCOc5ccccc5)CS(=O)(=O)O[C@@]34[C@H]2O[Si](C)(C)C(C)(C)C)c(=O)[nH]c1=O. The molecule has 1 aromatic heterocycles. The molecule has 2 aromatic rings. The second-order valence-electron chi connectivity index (χ2n) is 12.1. The number of nitrogens with one attached hydrogen (secondary N) is 2. The van der Waals surface area contributed by atoms with Gasteiger partial charge in [0.1, 0.15) is 30.3 Å². The van der Waals surface area contributed by atoms with Crippen LogP contribution in [-0.4, -0.2) is 75.3 Å². The first-order valence-electron chi connectivity index (χ1n) is 13.3. The largest absolute Gasteiger partial charge is 0.491 e. The first-order valence-corrected chi connectivity index (χ1v) is 17.7. The Kier molecular flexibility index (Phi) is 7.21. The third kappa shape index (κ3) is 4.78. The lowest BCUT2D eigenvalue weighted by atomic mass is 9.85. The second kappa shape index (κ2) is 9.89. The molecule has 5 rings (SSSR count). The molecule has 3 fully saturated rings. The number of para-hydroxylation sites is 1. The van der Waals surface area contributed by atoms with E-state index in [0.717, 1.165) is 0 Å². The monoisotopic (exact) mass is 595 g/mol. The highest BCUT2D eigenvalue weighted by Crippen LogP contribution is 2.57. The van der Waals surface area contributed by atoms with Gasteiger partial charge in [-0.05, 0) is 37.2 Å². The van der Waals surface area contributed by atoms with Crippen molar-refractivity contribution in [2.24, 2.45) is 0 Å². The van der Waals surface area contributed by atoms with Gasteiger partial charge in [-0.2, -0.15) is 8.42 Å². The van der Waals surface area contributed by atoms with E-state index < -0.39 is 65.2 Å². The van der Waals surface area contributed by atoms with E-state index in [1.807, 2.05) is 43.4 Å². The second-order valence-corrected chi connectivity index (χ2v) is 18.4. The molecule has 0 bridgehead atoms. The third-order valence-corrected chi connectivity index (χ3v) is 14.1. The molecule has 2 N–H and O–H groups in total. The number of nitrogens with zero attached hydrogens (tertiary/aromatic N) is 1. The number of ether oxygens (including phenoxy) is 3. The summed E-state index contributed by atoms with van der Waals surface area (Å²) in [5, 5.41) is 2.95. The molecule has 12 nitrogen and oxygen atoms in total. The Balaban J connectivity index is 1.56. The smallest absolute Gasteiger partial charge is 0.330 e. The fraction of sp³-hybridized carbons (Fsp3) is 0.615. The van der Waals surface area contributed by atoms with Crippen LogP contribution in [0.4, 0.5) is 0 Å². The van der Waals surface area contributed by atoms with Crippen molar-refractivity contribution in [3.8, 4) is 5.75 Å². The normalized spacial score (nSPS) is 31.2. The van der Waals surface area contributed by atoms with Gasteiger partial charge in [0, 0.05) is 18.3 Å². The molecule has 14 heteroatoms. The van der Waals surface area contributed by atoms with Gasteiger partial charge >= 0.3 is 5.69 Å². The minimum absolute atomic E-state index is 0.0461. The van der Waals surface area contributed by atoms with Crippen LogP contribution in [0.2, 0.25) is 18.1 Å². The third-order valence-electron chi connectivity index (χ3n) is 8.40. The number of H-pyrrole nitrogens is 1. The Morgan fingerprint density at radius 2 is 1.85 bits per heavy atom. The highest BCUT2D eigenvalue weighted by molar-refractivity contribution is 7.87. The molecule has 40 heavy (non-hydrogen) atoms. The lowest BCUT2D eigenvalue weighted by molar-refractivity contribution is -0.171. The number of hydrogen-bond acceptors (Lipinski definition) is 10. The zero-order valence-electron chi connectivity index (χ0n) is 23.6. The molecule has 3 saturated heterocycles. The Bertz CT molecular complexity index is 1490. The van der Waals surface area contributed by atoms with Crippen molar-refractivity contribution in [3.63, 3.8) is 0 Å². The topological polar surface area (TPSA) is 147 Å². The van der Waals surface area contributed by atoms with Crippen LogP contribution in [0.15, 0.2) is 46.1 Å². The standard InChI is InChI=1S/C26H37N3O9SSi/c1-17-15-29(23(31)28-21(17)30)22-20(37-40(5,6)24(2,3)4)26-19(36-22)14-27-25(26,16-39(32,33)38-26)35-13-12-34-18-10-8-7-9-11-18/h7-11,15,19-20,22,27H,12-14,16H2,1-6H3,(H,28,30,31)/t19-,20+,22-,25-,26-/m1/s1. The molecule has 1 spiro atoms. The van der Waals surface area contributed by atoms with Crippen LogP contribution in [0.5, 0.6) is 5.75 Å². The summed E-state index contributed by atoms with van der Waals surface area (Å²) in [6.45, 7) is 12.2. The quantitative estimate of drug-likeness (QED) is 0.262. The summed E-state index contributed by atoms with van der Waals surface area (Å²) >= 11 is 0. The van der Waals surface area contributed by atoms with Gasteiger partial charge < -0.3 is 18.6 Å². The van der Waals surface area contributed by atoms with Gasteiger partial charge in [0.25, 0.3) is 15.7 Å². The zero-order chi connectivity index (χ0) is 29.1. The van der Waals surface area contributed by atoms with Crippen LogP contribution in [0.25, 0.3) is 0 Å². The van der Waals surface area contributed by atoms with Gasteiger partial charge in [0.15, 0.2) is 25.9 Å². The van der Waals surface area contributed by atoms with Crippen LogP contribution in [-0.2, 0) is 28.2 Å². The summed E-state index contributed by atoms with van der Waals surface area (Å²) in [6, 6.07) is 9.21.